The van der Waals surface area contributed by atoms with Crippen LogP contribution in [-0.2, 0) is 11.0 Å². The topological polar surface area (TPSA) is 87.1 Å². The van der Waals surface area contributed by atoms with E-state index >= 15 is 0 Å². The first-order valence-corrected chi connectivity index (χ1v) is 7.74. The maximum atomic E-state index is 13.1. The van der Waals surface area contributed by atoms with Gasteiger partial charge in [-0.25, -0.2) is 9.59 Å². The average molecular weight is 399 g/mol. The quantitative estimate of drug-likeness (QED) is 0.644. The number of nitrogens with zero attached hydrogens (tertiary/aromatic N) is 1. The van der Waals surface area contributed by atoms with Gasteiger partial charge in [0.2, 0.25) is 0 Å². The minimum absolute atomic E-state index is 0.0306. The van der Waals surface area contributed by atoms with Crippen molar-refractivity contribution in [3.05, 3.63) is 34.2 Å². The van der Waals surface area contributed by atoms with Crippen molar-refractivity contribution >= 4 is 17.0 Å². The molecule has 0 atom stereocenters. The number of alkyl halides is 6. The molecule has 27 heavy (non-hydrogen) atoms. The normalized spacial score (nSPS) is 16.1. The summed E-state index contributed by atoms with van der Waals surface area (Å²) < 4.78 is 72.4. The molecule has 150 valence electrons. The molecular formula is C15H15F6N3O3. The molecule has 2 heterocycles. The van der Waals surface area contributed by atoms with Crippen LogP contribution in [0, 0.1) is 0 Å². The third-order valence-corrected chi connectivity index (χ3v) is 3.96. The molecule has 1 fully saturated rings. The third-order valence-electron chi connectivity index (χ3n) is 3.96. The van der Waals surface area contributed by atoms with Crippen LogP contribution in [0.3, 0.4) is 0 Å². The Hall–Kier alpha value is -2.50. The Morgan fingerprint density at radius 1 is 1.11 bits per heavy atom. The fraction of sp³-hybridized carbons (Fsp3) is 0.467. The van der Waals surface area contributed by atoms with E-state index in [4.69, 9.17) is 9.90 Å². The lowest BCUT2D eigenvalue weighted by atomic mass is 10.1. The molecule has 0 bridgehead atoms. The molecule has 0 saturated carbocycles. The number of nitrogens with one attached hydrogen (secondary N) is 2. The minimum atomic E-state index is -5.08. The minimum Gasteiger partial charge on any atom is -0.475 e. The summed E-state index contributed by atoms with van der Waals surface area (Å²) in [6, 6.07) is 3.64. The number of para-hydroxylation sites is 1. The van der Waals surface area contributed by atoms with E-state index < -0.39 is 29.6 Å². The van der Waals surface area contributed by atoms with Crippen molar-refractivity contribution in [1.82, 2.24) is 14.9 Å². The molecule has 0 spiro atoms. The van der Waals surface area contributed by atoms with Crippen LogP contribution in [0.25, 0.3) is 11.0 Å². The smallest absolute Gasteiger partial charge is 0.475 e. The van der Waals surface area contributed by atoms with Crippen LogP contribution in [0.4, 0.5) is 26.3 Å². The Labute approximate surface area is 147 Å². The van der Waals surface area contributed by atoms with Crippen molar-refractivity contribution in [3.8, 4) is 0 Å². The maximum Gasteiger partial charge on any atom is 0.490 e. The van der Waals surface area contributed by atoms with Crippen molar-refractivity contribution in [2.45, 2.75) is 31.2 Å². The lowest BCUT2D eigenvalue weighted by Gasteiger charge is -2.24. The average Bonchev–Trinajstić information content (AvgIpc) is 2.90. The van der Waals surface area contributed by atoms with Gasteiger partial charge in [0.15, 0.2) is 0 Å². The zero-order valence-corrected chi connectivity index (χ0v) is 13.6. The molecule has 0 amide bonds. The first-order valence-electron chi connectivity index (χ1n) is 7.74. The number of piperidine rings is 1. The largest absolute Gasteiger partial charge is 0.490 e. The van der Waals surface area contributed by atoms with Crippen LogP contribution in [0.1, 0.15) is 24.4 Å². The fourth-order valence-electron chi connectivity index (χ4n) is 2.82. The van der Waals surface area contributed by atoms with Crippen LogP contribution < -0.4 is 11.0 Å². The van der Waals surface area contributed by atoms with E-state index in [1.165, 1.54) is 16.7 Å². The predicted octanol–water partition coefficient (Wildman–Crippen LogP) is 2.91. The zero-order chi connectivity index (χ0) is 20.4. The molecule has 1 aliphatic heterocycles. The van der Waals surface area contributed by atoms with E-state index in [0.29, 0.717) is 25.9 Å². The summed E-state index contributed by atoms with van der Waals surface area (Å²) in [5.41, 5.74) is -1.02. The highest BCUT2D eigenvalue weighted by molar-refractivity contribution is 5.79. The molecule has 0 aliphatic carbocycles. The summed E-state index contributed by atoms with van der Waals surface area (Å²) in [7, 11) is 0. The van der Waals surface area contributed by atoms with Crippen molar-refractivity contribution in [3.63, 3.8) is 0 Å². The van der Waals surface area contributed by atoms with Crippen molar-refractivity contribution in [2.75, 3.05) is 13.1 Å². The van der Waals surface area contributed by atoms with E-state index in [1.54, 1.807) is 0 Å². The van der Waals surface area contributed by atoms with Gasteiger partial charge in [-0.3, -0.25) is 4.57 Å². The number of benzene rings is 1. The molecule has 1 aromatic heterocycles. The lowest BCUT2D eigenvalue weighted by molar-refractivity contribution is -0.192. The Morgan fingerprint density at radius 2 is 1.67 bits per heavy atom. The highest BCUT2D eigenvalue weighted by Gasteiger charge is 2.38. The van der Waals surface area contributed by atoms with E-state index in [9.17, 15) is 31.1 Å². The molecule has 3 rings (SSSR count). The molecule has 12 heteroatoms. The van der Waals surface area contributed by atoms with Gasteiger partial charge in [-0.05, 0) is 38.1 Å². The third kappa shape index (κ3) is 4.81. The SMILES string of the molecule is O=C(O)C(F)(F)F.O=c1[nH]c2cccc(C(F)(F)F)c2n1C1CCNCC1. The summed E-state index contributed by atoms with van der Waals surface area (Å²) in [6.45, 7) is 1.41. The molecule has 0 unspecified atom stereocenters. The van der Waals surface area contributed by atoms with E-state index in [-0.39, 0.29) is 17.1 Å². The standard InChI is InChI=1S/C13H14F3N3O.C2HF3O2/c14-13(15,16)9-2-1-3-10-11(9)19(12(20)18-10)8-4-6-17-7-5-8;3-2(4,5)1(6)7/h1-3,8,17H,4-7H2,(H,18,20);(H,6,7). The van der Waals surface area contributed by atoms with Crippen molar-refractivity contribution in [2.24, 2.45) is 0 Å². The summed E-state index contributed by atoms with van der Waals surface area (Å²) in [5, 5.41) is 10.3. The Balaban J connectivity index is 0.000000321. The number of hydrogen-bond acceptors (Lipinski definition) is 3. The predicted molar refractivity (Wildman–Crippen MR) is 82.4 cm³/mol. The molecular weight excluding hydrogens is 384 g/mol. The van der Waals surface area contributed by atoms with Gasteiger partial charge >= 0.3 is 24.0 Å². The van der Waals surface area contributed by atoms with Gasteiger partial charge < -0.3 is 15.4 Å². The van der Waals surface area contributed by atoms with Gasteiger partial charge in [-0.2, -0.15) is 26.3 Å². The number of H-pyrrole nitrogens is 1. The summed E-state index contributed by atoms with van der Waals surface area (Å²) in [5.74, 6) is -2.76. The number of aromatic amines is 1. The molecule has 1 aliphatic rings. The number of carboxylic acid groups (broad SMARTS) is 1. The van der Waals surface area contributed by atoms with Crippen LogP contribution >= 0.6 is 0 Å². The van der Waals surface area contributed by atoms with Gasteiger partial charge in [0, 0.05) is 6.04 Å². The number of aliphatic carboxylic acids is 1. The van der Waals surface area contributed by atoms with Crippen molar-refractivity contribution < 1.29 is 36.2 Å². The van der Waals surface area contributed by atoms with Crippen LogP contribution in [0.15, 0.2) is 23.0 Å². The number of carbonyl (C=O) groups is 1. The fourth-order valence-corrected chi connectivity index (χ4v) is 2.82. The second-order valence-electron chi connectivity index (χ2n) is 5.78. The molecule has 0 radical (unpaired) electrons. The number of hydrogen-bond donors (Lipinski definition) is 3. The van der Waals surface area contributed by atoms with Crippen LogP contribution in [-0.4, -0.2) is 39.9 Å². The van der Waals surface area contributed by atoms with Gasteiger partial charge in [0.05, 0.1) is 16.6 Å². The van der Waals surface area contributed by atoms with E-state index in [1.807, 2.05) is 0 Å². The first-order chi connectivity index (χ1) is 12.4. The lowest BCUT2D eigenvalue weighted by Crippen LogP contribution is -2.33. The van der Waals surface area contributed by atoms with Gasteiger partial charge in [-0.1, -0.05) is 6.07 Å². The Bertz CT molecular complexity index is 862. The van der Waals surface area contributed by atoms with Gasteiger partial charge in [-0.15, -0.1) is 0 Å². The summed E-state index contributed by atoms with van der Waals surface area (Å²) >= 11 is 0. The Kier molecular flexibility index (Phi) is 5.88. The second-order valence-corrected chi connectivity index (χ2v) is 5.78. The number of aromatic nitrogens is 2. The summed E-state index contributed by atoms with van der Waals surface area (Å²) in [4.78, 5) is 23.5. The molecule has 1 aromatic carbocycles. The highest BCUT2D eigenvalue weighted by atomic mass is 19.4. The van der Waals surface area contributed by atoms with Crippen molar-refractivity contribution in [1.29, 1.82) is 0 Å². The highest BCUT2D eigenvalue weighted by Crippen LogP contribution is 2.35. The second kappa shape index (κ2) is 7.62. The molecule has 6 nitrogen and oxygen atoms in total. The number of imidazole rings is 1. The Morgan fingerprint density at radius 3 is 2.15 bits per heavy atom. The number of halogens is 6. The van der Waals surface area contributed by atoms with Crippen LogP contribution in [0.5, 0.6) is 0 Å². The van der Waals surface area contributed by atoms with Gasteiger partial charge in [0.25, 0.3) is 0 Å². The first kappa shape index (κ1) is 20.8. The summed E-state index contributed by atoms with van der Waals surface area (Å²) in [6.07, 6.45) is -8.25. The van der Waals surface area contributed by atoms with Crippen LogP contribution in [0.2, 0.25) is 0 Å². The molecule has 1 saturated heterocycles. The van der Waals surface area contributed by atoms with Gasteiger partial charge in [0.1, 0.15) is 0 Å². The zero-order valence-electron chi connectivity index (χ0n) is 13.6. The number of rotatable bonds is 1. The number of fused-ring (bicyclic) bond motifs is 1. The van der Waals surface area contributed by atoms with E-state index in [2.05, 4.69) is 10.3 Å². The molecule has 2 aromatic rings. The monoisotopic (exact) mass is 399 g/mol. The molecule has 3 N–H and O–H groups in total. The number of carboxylic acids is 1. The van der Waals surface area contributed by atoms with E-state index in [0.717, 1.165) is 6.07 Å². The maximum absolute atomic E-state index is 13.1.